The molecule has 1 aliphatic carbocycles. The maximum atomic E-state index is 12.4. The summed E-state index contributed by atoms with van der Waals surface area (Å²) in [4.78, 5) is 16.0. The van der Waals surface area contributed by atoms with E-state index in [-0.39, 0.29) is 5.78 Å². The molecule has 0 unspecified atom stereocenters. The third-order valence-electron chi connectivity index (χ3n) is 3.57. The van der Waals surface area contributed by atoms with Crippen molar-refractivity contribution in [2.75, 3.05) is 0 Å². The normalized spacial score (nSPS) is 15.2. The van der Waals surface area contributed by atoms with Crippen LogP contribution in [0.1, 0.15) is 49.8 Å². The third kappa shape index (κ3) is 2.17. The van der Waals surface area contributed by atoms with Crippen molar-refractivity contribution in [3.8, 4) is 0 Å². The van der Waals surface area contributed by atoms with E-state index >= 15 is 0 Å². The molecule has 0 amide bonds. The Morgan fingerprint density at radius 2 is 2.06 bits per heavy atom. The van der Waals surface area contributed by atoms with Crippen LogP contribution in [-0.4, -0.2) is 5.78 Å². The number of thiophene rings is 2. The van der Waals surface area contributed by atoms with Crippen molar-refractivity contribution in [2.45, 2.75) is 39.0 Å². The van der Waals surface area contributed by atoms with Crippen LogP contribution in [0.25, 0.3) is 0 Å². The van der Waals surface area contributed by atoms with E-state index in [0.29, 0.717) is 0 Å². The van der Waals surface area contributed by atoms with Gasteiger partial charge in [0.2, 0.25) is 5.78 Å². The number of ketones is 1. The molecule has 0 bridgehead atoms. The highest BCUT2D eigenvalue weighted by atomic mass is 32.1. The summed E-state index contributed by atoms with van der Waals surface area (Å²) in [6, 6.07) is 4.10. The highest BCUT2D eigenvalue weighted by molar-refractivity contribution is 7.14. The second-order valence-electron chi connectivity index (χ2n) is 4.84. The smallest absolute Gasteiger partial charge is 0.204 e. The SMILES string of the molecule is Cc1sccc1C(=O)c1cc2c(s1)CCCCC2. The molecule has 0 atom stereocenters. The highest BCUT2D eigenvalue weighted by Crippen LogP contribution is 2.31. The molecule has 3 heteroatoms. The van der Waals surface area contributed by atoms with Gasteiger partial charge in [0.15, 0.2) is 0 Å². The van der Waals surface area contributed by atoms with Gasteiger partial charge in [-0.3, -0.25) is 4.79 Å². The Bertz CT molecular complexity index is 554. The Morgan fingerprint density at radius 1 is 1.22 bits per heavy atom. The summed E-state index contributed by atoms with van der Waals surface area (Å²) in [6.07, 6.45) is 6.19. The molecule has 3 rings (SSSR count). The molecule has 1 nitrogen and oxygen atoms in total. The zero-order chi connectivity index (χ0) is 12.5. The predicted octanol–water partition coefficient (Wildman–Crippen LogP) is 4.62. The van der Waals surface area contributed by atoms with E-state index in [4.69, 9.17) is 0 Å². The lowest BCUT2D eigenvalue weighted by atomic mass is 10.1. The molecule has 0 aliphatic heterocycles. The van der Waals surface area contributed by atoms with Gasteiger partial charge in [-0.15, -0.1) is 22.7 Å². The molecule has 0 radical (unpaired) electrons. The van der Waals surface area contributed by atoms with Crippen LogP contribution in [0.15, 0.2) is 17.5 Å². The standard InChI is InChI=1S/C15H16OS2/c1-10-12(7-8-17-10)15(16)14-9-11-5-3-2-4-6-13(11)18-14/h7-9H,2-6H2,1H3. The van der Waals surface area contributed by atoms with Gasteiger partial charge < -0.3 is 0 Å². The van der Waals surface area contributed by atoms with Crippen LogP contribution < -0.4 is 0 Å². The topological polar surface area (TPSA) is 17.1 Å². The van der Waals surface area contributed by atoms with Crippen molar-refractivity contribution >= 4 is 28.5 Å². The first kappa shape index (κ1) is 12.1. The van der Waals surface area contributed by atoms with E-state index in [1.807, 2.05) is 18.4 Å². The minimum atomic E-state index is 0.215. The molecular weight excluding hydrogens is 260 g/mol. The molecule has 0 fully saturated rings. The van der Waals surface area contributed by atoms with Crippen molar-refractivity contribution < 1.29 is 4.79 Å². The molecule has 1 aliphatic rings. The number of fused-ring (bicyclic) bond motifs is 1. The first-order valence-corrected chi connectivity index (χ1v) is 8.15. The van der Waals surface area contributed by atoms with E-state index in [0.717, 1.165) is 28.2 Å². The van der Waals surface area contributed by atoms with E-state index in [9.17, 15) is 4.79 Å². The van der Waals surface area contributed by atoms with Gasteiger partial charge in [0.1, 0.15) is 0 Å². The van der Waals surface area contributed by atoms with Gasteiger partial charge in [-0.05, 0) is 55.7 Å². The zero-order valence-electron chi connectivity index (χ0n) is 10.5. The first-order valence-electron chi connectivity index (χ1n) is 6.46. The van der Waals surface area contributed by atoms with Crippen molar-refractivity contribution in [3.05, 3.63) is 43.3 Å². The maximum Gasteiger partial charge on any atom is 0.204 e. The number of rotatable bonds is 2. The van der Waals surface area contributed by atoms with Gasteiger partial charge in [-0.1, -0.05) is 6.42 Å². The zero-order valence-corrected chi connectivity index (χ0v) is 12.1. The van der Waals surface area contributed by atoms with Crippen LogP contribution in [0.2, 0.25) is 0 Å². The Kier molecular flexibility index (Phi) is 3.35. The summed E-state index contributed by atoms with van der Waals surface area (Å²) < 4.78 is 0. The number of carbonyl (C=O) groups excluding carboxylic acids is 1. The number of hydrogen-bond acceptors (Lipinski definition) is 3. The Morgan fingerprint density at radius 3 is 2.83 bits per heavy atom. The summed E-state index contributed by atoms with van der Waals surface area (Å²) in [5, 5.41) is 2.00. The van der Waals surface area contributed by atoms with Gasteiger partial charge in [-0.25, -0.2) is 0 Å². The average molecular weight is 276 g/mol. The monoisotopic (exact) mass is 276 g/mol. The van der Waals surface area contributed by atoms with Crippen molar-refractivity contribution in [1.82, 2.24) is 0 Å². The molecule has 2 aromatic rings. The molecule has 0 saturated carbocycles. The summed E-state index contributed by atoms with van der Waals surface area (Å²) >= 11 is 3.37. The van der Waals surface area contributed by atoms with Crippen LogP contribution in [0, 0.1) is 6.92 Å². The van der Waals surface area contributed by atoms with Gasteiger partial charge >= 0.3 is 0 Å². The second-order valence-corrected chi connectivity index (χ2v) is 7.10. The fourth-order valence-corrected chi connectivity index (χ4v) is 4.44. The summed E-state index contributed by atoms with van der Waals surface area (Å²) in [5.74, 6) is 0.215. The molecular formula is C15H16OS2. The molecule has 0 spiro atoms. The van der Waals surface area contributed by atoms with E-state index in [1.165, 1.54) is 29.7 Å². The van der Waals surface area contributed by atoms with E-state index in [2.05, 4.69) is 6.07 Å². The van der Waals surface area contributed by atoms with E-state index in [1.54, 1.807) is 22.7 Å². The summed E-state index contributed by atoms with van der Waals surface area (Å²) in [7, 11) is 0. The minimum absolute atomic E-state index is 0.215. The second kappa shape index (κ2) is 4.98. The molecule has 2 aromatic heterocycles. The van der Waals surface area contributed by atoms with Crippen LogP contribution >= 0.6 is 22.7 Å². The van der Waals surface area contributed by atoms with Crippen LogP contribution in [-0.2, 0) is 12.8 Å². The van der Waals surface area contributed by atoms with E-state index < -0.39 is 0 Å². The van der Waals surface area contributed by atoms with Gasteiger partial charge in [-0.2, -0.15) is 0 Å². The number of aryl methyl sites for hydroxylation is 3. The molecule has 18 heavy (non-hydrogen) atoms. The van der Waals surface area contributed by atoms with Crippen LogP contribution in [0.4, 0.5) is 0 Å². The van der Waals surface area contributed by atoms with Crippen molar-refractivity contribution in [2.24, 2.45) is 0 Å². The highest BCUT2D eigenvalue weighted by Gasteiger charge is 2.19. The third-order valence-corrected chi connectivity index (χ3v) is 5.66. The fraction of sp³-hybridized carbons (Fsp3) is 0.400. The van der Waals surface area contributed by atoms with Crippen LogP contribution in [0.3, 0.4) is 0 Å². The summed E-state index contributed by atoms with van der Waals surface area (Å²) in [6.45, 7) is 2.02. The van der Waals surface area contributed by atoms with Gasteiger partial charge in [0.25, 0.3) is 0 Å². The Balaban J connectivity index is 1.94. The number of carbonyl (C=O) groups is 1. The van der Waals surface area contributed by atoms with Gasteiger partial charge in [0, 0.05) is 15.3 Å². The first-order chi connectivity index (χ1) is 8.75. The molecule has 0 N–H and O–H groups in total. The minimum Gasteiger partial charge on any atom is -0.288 e. The maximum absolute atomic E-state index is 12.4. The fourth-order valence-electron chi connectivity index (χ4n) is 2.53. The number of hydrogen-bond donors (Lipinski definition) is 0. The van der Waals surface area contributed by atoms with Crippen molar-refractivity contribution in [1.29, 1.82) is 0 Å². The summed E-state index contributed by atoms with van der Waals surface area (Å²) in [5.41, 5.74) is 2.31. The quantitative estimate of drug-likeness (QED) is 0.578. The lowest BCUT2D eigenvalue weighted by Gasteiger charge is -1.96. The lowest BCUT2D eigenvalue weighted by molar-refractivity contribution is 0.104. The molecule has 0 aromatic carbocycles. The van der Waals surface area contributed by atoms with Gasteiger partial charge in [0.05, 0.1) is 4.88 Å². The largest absolute Gasteiger partial charge is 0.288 e. The molecule has 2 heterocycles. The lowest BCUT2D eigenvalue weighted by Crippen LogP contribution is -1.98. The molecule has 94 valence electrons. The van der Waals surface area contributed by atoms with Crippen LogP contribution in [0.5, 0.6) is 0 Å². The Hall–Kier alpha value is -0.930. The predicted molar refractivity (Wildman–Crippen MR) is 78.1 cm³/mol. The molecule has 0 saturated heterocycles. The Labute approximate surface area is 115 Å². The average Bonchev–Trinajstić information content (AvgIpc) is 2.90. The van der Waals surface area contributed by atoms with Crippen molar-refractivity contribution in [3.63, 3.8) is 0 Å².